The highest BCUT2D eigenvalue weighted by Gasteiger charge is 2.18. The largest absolute Gasteiger partial charge is 0.465 e. The van der Waals surface area contributed by atoms with E-state index >= 15 is 0 Å². The third-order valence-corrected chi connectivity index (χ3v) is 1.80. The van der Waals surface area contributed by atoms with Gasteiger partial charge >= 0.3 is 12.1 Å². The summed E-state index contributed by atoms with van der Waals surface area (Å²) in [6.07, 6.45) is -0.810. The highest BCUT2D eigenvalue weighted by atomic mass is 32.2. The highest BCUT2D eigenvalue weighted by Crippen LogP contribution is 2.07. The molecule has 0 spiro atoms. The van der Waals surface area contributed by atoms with Crippen molar-refractivity contribution in [1.29, 1.82) is 0 Å². The quantitative estimate of drug-likeness (QED) is 0.374. The molecular weight excluding hydrogens is 262 g/mol. The molecule has 8 nitrogen and oxygen atoms in total. The number of nitrogens with one attached hydrogen (secondary N) is 2. The lowest BCUT2D eigenvalue weighted by Gasteiger charge is -2.21. The predicted octanol–water partition coefficient (Wildman–Crippen LogP) is 0.833. The average molecular weight is 281 g/mol. The van der Waals surface area contributed by atoms with E-state index in [1.165, 1.54) is 0 Å². The fourth-order valence-electron chi connectivity index (χ4n) is 0.766. The first kappa shape index (κ1) is 17.0. The Hall–Kier alpha value is -1.03. The van der Waals surface area contributed by atoms with Crippen LogP contribution in [-0.2, 0) is 14.3 Å². The van der Waals surface area contributed by atoms with Crippen molar-refractivity contribution in [1.82, 2.24) is 14.7 Å². The molecule has 0 aliphatic carbocycles. The van der Waals surface area contributed by atoms with Crippen molar-refractivity contribution in [2.45, 2.75) is 33.3 Å². The summed E-state index contributed by atoms with van der Waals surface area (Å²) in [6, 6.07) is 0. The van der Waals surface area contributed by atoms with Crippen LogP contribution in [-0.4, -0.2) is 40.6 Å². The van der Waals surface area contributed by atoms with Gasteiger partial charge in [-0.25, -0.2) is 14.9 Å². The van der Waals surface area contributed by atoms with Crippen molar-refractivity contribution in [2.24, 2.45) is 0 Å². The Morgan fingerprint density at radius 2 is 2.00 bits per heavy atom. The highest BCUT2D eigenvalue weighted by molar-refractivity contribution is 7.94. The standard InChI is InChI=1S/C9H19N3O5S/c1-5-16-7(13)6-10-18-12(15)11-8(14)17-9(2,3)4/h10,15H,5-6H2,1-4H3,(H,11,14). The van der Waals surface area contributed by atoms with Crippen LogP contribution in [0.1, 0.15) is 27.7 Å². The molecule has 0 saturated carbocycles. The van der Waals surface area contributed by atoms with Crippen LogP contribution in [0.25, 0.3) is 0 Å². The molecule has 0 bridgehead atoms. The summed E-state index contributed by atoms with van der Waals surface area (Å²) in [7, 11) is 0. The Morgan fingerprint density at radius 1 is 1.39 bits per heavy atom. The maximum Gasteiger partial charge on any atom is 0.424 e. The average Bonchev–Trinajstić information content (AvgIpc) is 2.14. The predicted molar refractivity (Wildman–Crippen MR) is 65.2 cm³/mol. The number of esters is 1. The molecule has 0 aromatic heterocycles. The van der Waals surface area contributed by atoms with Gasteiger partial charge in [0, 0.05) is 0 Å². The second-order valence-corrected chi connectivity index (χ2v) is 4.92. The van der Waals surface area contributed by atoms with Crippen molar-refractivity contribution in [2.75, 3.05) is 13.2 Å². The topological polar surface area (TPSA) is 100 Å². The van der Waals surface area contributed by atoms with Crippen LogP contribution in [0.4, 0.5) is 4.79 Å². The second-order valence-electron chi connectivity index (χ2n) is 4.10. The lowest BCUT2D eigenvalue weighted by Crippen LogP contribution is -2.41. The van der Waals surface area contributed by atoms with E-state index in [-0.39, 0.29) is 13.2 Å². The molecule has 0 saturated heterocycles. The van der Waals surface area contributed by atoms with Gasteiger partial charge in [-0.05, 0) is 32.3 Å². The van der Waals surface area contributed by atoms with E-state index in [1.54, 1.807) is 27.7 Å². The molecule has 1 amide bonds. The summed E-state index contributed by atoms with van der Waals surface area (Å²) in [5.41, 5.74) is 1.36. The van der Waals surface area contributed by atoms with E-state index in [4.69, 9.17) is 4.74 Å². The number of nitrogens with zero attached hydrogens (tertiary/aromatic N) is 1. The van der Waals surface area contributed by atoms with Crippen molar-refractivity contribution in [3.8, 4) is 0 Å². The number of hydrogen-bond donors (Lipinski definition) is 3. The van der Waals surface area contributed by atoms with E-state index in [1.807, 2.05) is 5.43 Å². The van der Waals surface area contributed by atoms with E-state index in [0.717, 1.165) is 0 Å². The van der Waals surface area contributed by atoms with E-state index in [2.05, 4.69) is 9.46 Å². The van der Waals surface area contributed by atoms with Gasteiger partial charge in [0.05, 0.1) is 18.7 Å². The Kier molecular flexibility index (Phi) is 7.67. The number of hydrogen-bond acceptors (Lipinski definition) is 8. The molecular formula is C9H19N3O5S. The van der Waals surface area contributed by atoms with Gasteiger partial charge in [-0.15, -0.1) is 0 Å². The number of amides is 1. The monoisotopic (exact) mass is 281 g/mol. The van der Waals surface area contributed by atoms with E-state index < -0.39 is 17.7 Å². The van der Waals surface area contributed by atoms with Gasteiger partial charge in [-0.1, -0.05) is 0 Å². The first-order valence-electron chi connectivity index (χ1n) is 5.28. The molecule has 0 aromatic rings. The molecule has 0 atom stereocenters. The minimum Gasteiger partial charge on any atom is -0.465 e. The van der Waals surface area contributed by atoms with Crippen molar-refractivity contribution < 1.29 is 24.3 Å². The van der Waals surface area contributed by atoms with E-state index in [9.17, 15) is 14.8 Å². The first-order chi connectivity index (χ1) is 8.24. The van der Waals surface area contributed by atoms with Crippen LogP contribution in [0.5, 0.6) is 0 Å². The second kappa shape index (κ2) is 8.14. The summed E-state index contributed by atoms with van der Waals surface area (Å²) >= 11 is 0.611. The third-order valence-electron chi connectivity index (χ3n) is 1.26. The first-order valence-corrected chi connectivity index (χ1v) is 6.06. The zero-order chi connectivity index (χ0) is 14.2. The summed E-state index contributed by atoms with van der Waals surface area (Å²) in [5, 5.41) is 9.23. The lowest BCUT2D eigenvalue weighted by molar-refractivity contribution is -0.141. The van der Waals surface area contributed by atoms with Crippen LogP contribution in [0.3, 0.4) is 0 Å². The SMILES string of the molecule is CCOC(=O)CNSN(O)NC(=O)OC(C)(C)C. The number of hydrazine groups is 1. The third kappa shape index (κ3) is 10.1. The minimum atomic E-state index is -0.810. The van der Waals surface area contributed by atoms with Gasteiger partial charge in [-0.2, -0.15) is 0 Å². The van der Waals surface area contributed by atoms with Gasteiger partial charge in [0.2, 0.25) is 0 Å². The summed E-state index contributed by atoms with van der Waals surface area (Å²) < 4.78 is 12.4. The molecule has 0 rings (SSSR count). The minimum absolute atomic E-state index is 0.106. The lowest BCUT2D eigenvalue weighted by atomic mass is 10.2. The molecule has 18 heavy (non-hydrogen) atoms. The molecule has 106 valence electrons. The molecule has 0 aliphatic rings. The molecule has 0 heterocycles. The normalized spacial score (nSPS) is 11.2. The van der Waals surface area contributed by atoms with Crippen LogP contribution in [0, 0.1) is 0 Å². The zero-order valence-electron chi connectivity index (χ0n) is 10.8. The zero-order valence-corrected chi connectivity index (χ0v) is 11.7. The molecule has 0 unspecified atom stereocenters. The molecule has 0 aliphatic heterocycles. The molecule has 9 heteroatoms. The van der Waals surface area contributed by atoms with Gasteiger partial charge in [0.15, 0.2) is 0 Å². The maximum atomic E-state index is 11.2. The molecule has 0 aromatic carbocycles. The smallest absolute Gasteiger partial charge is 0.424 e. The fourth-order valence-corrected chi connectivity index (χ4v) is 1.19. The summed E-state index contributed by atoms with van der Waals surface area (Å²) in [6.45, 7) is 6.95. The summed E-state index contributed by atoms with van der Waals surface area (Å²) in [5.74, 6) is -0.462. The van der Waals surface area contributed by atoms with Gasteiger partial charge in [-0.3, -0.25) is 10.0 Å². The van der Waals surface area contributed by atoms with E-state index in [0.29, 0.717) is 16.7 Å². The van der Waals surface area contributed by atoms with Crippen molar-refractivity contribution in [3.63, 3.8) is 0 Å². The van der Waals surface area contributed by atoms with Crippen LogP contribution >= 0.6 is 12.1 Å². The number of carbonyl (C=O) groups is 2. The Morgan fingerprint density at radius 3 is 2.50 bits per heavy atom. The van der Waals surface area contributed by atoms with Gasteiger partial charge in [0.25, 0.3) is 0 Å². The van der Waals surface area contributed by atoms with Crippen molar-refractivity contribution in [3.05, 3.63) is 0 Å². The Balaban J connectivity index is 3.74. The Labute approximate surface area is 110 Å². The molecule has 0 fully saturated rings. The van der Waals surface area contributed by atoms with Gasteiger partial charge in [0.1, 0.15) is 12.1 Å². The molecule has 0 radical (unpaired) electrons. The van der Waals surface area contributed by atoms with Crippen LogP contribution in [0.2, 0.25) is 0 Å². The van der Waals surface area contributed by atoms with Crippen LogP contribution < -0.4 is 10.1 Å². The number of rotatable bonds is 6. The van der Waals surface area contributed by atoms with Gasteiger partial charge < -0.3 is 9.47 Å². The number of carbonyl (C=O) groups excluding carboxylic acids is 2. The number of ether oxygens (including phenoxy) is 2. The molecule has 3 N–H and O–H groups in total. The Bertz CT molecular complexity index is 282. The van der Waals surface area contributed by atoms with Crippen molar-refractivity contribution >= 4 is 24.2 Å². The fraction of sp³-hybridized carbons (Fsp3) is 0.778. The maximum absolute atomic E-state index is 11.2. The summed E-state index contributed by atoms with van der Waals surface area (Å²) in [4.78, 5) is 22.1. The van der Waals surface area contributed by atoms with Crippen LogP contribution in [0.15, 0.2) is 0 Å².